The number of carbonyl (C=O) groups is 1. The van der Waals surface area contributed by atoms with Crippen LogP contribution in [0.1, 0.15) is 33.4 Å². The lowest BCUT2D eigenvalue weighted by Crippen LogP contribution is -2.36. The fourth-order valence-electron chi connectivity index (χ4n) is 2.52. The smallest absolute Gasteiger partial charge is 0.415 e. The molecule has 0 fully saturated rings. The predicted molar refractivity (Wildman–Crippen MR) is 95.0 cm³/mol. The summed E-state index contributed by atoms with van der Waals surface area (Å²) in [6.07, 6.45) is 1.38. The van der Waals surface area contributed by atoms with Gasteiger partial charge in [0.25, 0.3) is 0 Å². The third kappa shape index (κ3) is 3.45. The molecule has 0 unspecified atom stereocenters. The summed E-state index contributed by atoms with van der Waals surface area (Å²) < 4.78 is 5.38. The van der Waals surface area contributed by atoms with Crippen LogP contribution >= 0.6 is 0 Å². The molecule has 0 N–H and O–H groups in total. The van der Waals surface area contributed by atoms with E-state index in [1.807, 2.05) is 64.1 Å². The van der Waals surface area contributed by atoms with E-state index >= 15 is 0 Å². The first-order valence-electron chi connectivity index (χ1n) is 7.92. The normalized spacial score (nSPS) is 15.1. The van der Waals surface area contributed by atoms with Gasteiger partial charge in [0.05, 0.1) is 16.9 Å². The number of carbonyl (C=O) groups excluding carboxylic acids is 1. The van der Waals surface area contributed by atoms with Gasteiger partial charge in [-0.25, -0.2) is 9.78 Å². The third-order valence-corrected chi connectivity index (χ3v) is 3.57. The number of amides is 1. The second-order valence-corrected chi connectivity index (χ2v) is 6.80. The van der Waals surface area contributed by atoms with Crippen molar-refractivity contribution in [2.45, 2.75) is 33.3 Å². The molecule has 0 radical (unpaired) electrons. The third-order valence-electron chi connectivity index (χ3n) is 3.57. The summed E-state index contributed by atoms with van der Waals surface area (Å²) in [6.45, 7) is 7.69. The Balaban J connectivity index is 1.83. The highest BCUT2D eigenvalue weighted by Gasteiger charge is 2.24. The standard InChI is InChI=1S/C19H21N3O2/c1-13-11-22(18(23)24-19(2,3)4)12-20-17(13)16-10-9-14-7-5-6-8-15(14)21-16/h5-11H,12H2,1-4H3. The Labute approximate surface area is 141 Å². The largest absolute Gasteiger partial charge is 0.443 e. The number of hydrogen-bond acceptors (Lipinski definition) is 4. The van der Waals surface area contributed by atoms with Crippen LogP contribution < -0.4 is 0 Å². The molecule has 124 valence electrons. The molecule has 0 aliphatic carbocycles. The van der Waals surface area contributed by atoms with Crippen molar-refractivity contribution in [3.05, 3.63) is 53.9 Å². The molecule has 0 saturated heterocycles. The molecule has 0 atom stereocenters. The number of nitrogens with zero attached hydrogens (tertiary/aromatic N) is 3. The summed E-state index contributed by atoms with van der Waals surface area (Å²) in [4.78, 5) is 22.8. The molecule has 3 rings (SSSR count). The Morgan fingerprint density at radius 2 is 1.92 bits per heavy atom. The molecule has 5 heteroatoms. The van der Waals surface area contributed by atoms with Crippen LogP contribution in [0.15, 0.2) is 53.2 Å². The minimum absolute atomic E-state index is 0.232. The van der Waals surface area contributed by atoms with E-state index in [2.05, 4.69) is 9.98 Å². The van der Waals surface area contributed by atoms with Crippen molar-refractivity contribution < 1.29 is 9.53 Å². The van der Waals surface area contributed by atoms with Crippen LogP contribution in [-0.4, -0.2) is 34.0 Å². The molecule has 2 heterocycles. The molecular formula is C19H21N3O2. The number of aliphatic imine (C=N–C) groups is 1. The summed E-state index contributed by atoms with van der Waals surface area (Å²) in [5, 5.41) is 1.09. The van der Waals surface area contributed by atoms with Gasteiger partial charge in [-0.3, -0.25) is 9.89 Å². The number of para-hydroxylation sites is 1. The quantitative estimate of drug-likeness (QED) is 0.792. The maximum atomic E-state index is 12.2. The topological polar surface area (TPSA) is 54.8 Å². The van der Waals surface area contributed by atoms with Crippen molar-refractivity contribution in [3.63, 3.8) is 0 Å². The minimum Gasteiger partial charge on any atom is -0.443 e. The Kier molecular flexibility index (Phi) is 4.09. The lowest BCUT2D eigenvalue weighted by Gasteiger charge is -2.27. The van der Waals surface area contributed by atoms with Gasteiger partial charge in [-0.1, -0.05) is 24.3 Å². The number of allylic oxidation sites excluding steroid dienone is 1. The number of ether oxygens (including phenoxy) is 1. The van der Waals surface area contributed by atoms with Crippen LogP contribution in [-0.2, 0) is 4.74 Å². The highest BCUT2D eigenvalue weighted by atomic mass is 16.6. The van der Waals surface area contributed by atoms with Crippen molar-refractivity contribution in [2.24, 2.45) is 4.99 Å². The first-order chi connectivity index (χ1) is 11.3. The lowest BCUT2D eigenvalue weighted by molar-refractivity contribution is 0.0337. The summed E-state index contributed by atoms with van der Waals surface area (Å²) in [6, 6.07) is 12.0. The lowest BCUT2D eigenvalue weighted by atomic mass is 10.1. The molecule has 1 aromatic heterocycles. The molecule has 5 nitrogen and oxygen atoms in total. The second-order valence-electron chi connectivity index (χ2n) is 6.80. The van der Waals surface area contributed by atoms with E-state index in [9.17, 15) is 4.79 Å². The number of benzene rings is 1. The molecular weight excluding hydrogens is 302 g/mol. The fourth-order valence-corrected chi connectivity index (χ4v) is 2.52. The van der Waals surface area contributed by atoms with E-state index in [-0.39, 0.29) is 6.67 Å². The van der Waals surface area contributed by atoms with E-state index in [0.29, 0.717) is 0 Å². The van der Waals surface area contributed by atoms with E-state index in [1.54, 1.807) is 6.20 Å². The van der Waals surface area contributed by atoms with Gasteiger partial charge in [0.15, 0.2) is 0 Å². The zero-order chi connectivity index (χ0) is 17.3. The SMILES string of the molecule is CC1=CN(C(=O)OC(C)(C)C)CN=C1c1ccc2ccccc2n1. The molecule has 2 aromatic rings. The number of hydrogen-bond donors (Lipinski definition) is 0. The van der Waals surface area contributed by atoms with Crippen LogP contribution in [0.2, 0.25) is 0 Å². The van der Waals surface area contributed by atoms with Gasteiger partial charge in [0.1, 0.15) is 12.3 Å². The molecule has 1 aromatic carbocycles. The Bertz CT molecular complexity index is 847. The summed E-state index contributed by atoms with van der Waals surface area (Å²) in [5.41, 5.74) is 2.91. The molecule has 24 heavy (non-hydrogen) atoms. The monoisotopic (exact) mass is 323 g/mol. The first kappa shape index (κ1) is 16.2. The fraction of sp³-hybridized carbons (Fsp3) is 0.316. The van der Waals surface area contributed by atoms with Gasteiger partial charge in [-0.15, -0.1) is 0 Å². The number of aromatic nitrogens is 1. The van der Waals surface area contributed by atoms with E-state index in [1.165, 1.54) is 4.90 Å². The summed E-state index contributed by atoms with van der Waals surface area (Å²) in [5.74, 6) is 0. The number of rotatable bonds is 1. The van der Waals surface area contributed by atoms with E-state index < -0.39 is 11.7 Å². The van der Waals surface area contributed by atoms with Crippen LogP contribution in [0.25, 0.3) is 10.9 Å². The van der Waals surface area contributed by atoms with Crippen molar-refractivity contribution >= 4 is 22.7 Å². The van der Waals surface area contributed by atoms with Crippen LogP contribution in [0.3, 0.4) is 0 Å². The Morgan fingerprint density at radius 1 is 1.17 bits per heavy atom. The Hall–Kier alpha value is -2.69. The van der Waals surface area contributed by atoms with Gasteiger partial charge in [0.2, 0.25) is 0 Å². The van der Waals surface area contributed by atoms with Gasteiger partial charge >= 0.3 is 6.09 Å². The predicted octanol–water partition coefficient (Wildman–Crippen LogP) is 4.14. The molecule has 0 spiro atoms. The van der Waals surface area contributed by atoms with Crippen molar-refractivity contribution in [1.29, 1.82) is 0 Å². The highest BCUT2D eigenvalue weighted by molar-refractivity contribution is 6.12. The van der Waals surface area contributed by atoms with Crippen molar-refractivity contribution in [3.8, 4) is 0 Å². The highest BCUT2D eigenvalue weighted by Crippen LogP contribution is 2.19. The van der Waals surface area contributed by atoms with E-state index in [0.717, 1.165) is 27.9 Å². The van der Waals surface area contributed by atoms with Gasteiger partial charge in [-0.05, 0) is 45.4 Å². The molecule has 1 aliphatic rings. The average molecular weight is 323 g/mol. The van der Waals surface area contributed by atoms with Crippen LogP contribution in [0.4, 0.5) is 4.79 Å². The average Bonchev–Trinajstić information content (AvgIpc) is 2.52. The van der Waals surface area contributed by atoms with Crippen molar-refractivity contribution in [1.82, 2.24) is 9.88 Å². The van der Waals surface area contributed by atoms with E-state index in [4.69, 9.17) is 4.74 Å². The molecule has 0 saturated carbocycles. The maximum absolute atomic E-state index is 12.2. The summed E-state index contributed by atoms with van der Waals surface area (Å²) in [7, 11) is 0. The van der Waals surface area contributed by atoms with Crippen LogP contribution in [0.5, 0.6) is 0 Å². The number of pyridine rings is 1. The molecule has 1 amide bonds. The van der Waals surface area contributed by atoms with Gasteiger partial charge in [-0.2, -0.15) is 0 Å². The van der Waals surface area contributed by atoms with Crippen LogP contribution in [0, 0.1) is 0 Å². The first-order valence-corrected chi connectivity index (χ1v) is 7.92. The van der Waals surface area contributed by atoms with Gasteiger partial charge in [0, 0.05) is 11.6 Å². The maximum Gasteiger partial charge on any atom is 0.415 e. The van der Waals surface area contributed by atoms with Crippen molar-refractivity contribution in [2.75, 3.05) is 6.67 Å². The Morgan fingerprint density at radius 3 is 2.62 bits per heavy atom. The zero-order valence-corrected chi connectivity index (χ0v) is 14.4. The second kappa shape index (κ2) is 6.07. The zero-order valence-electron chi connectivity index (χ0n) is 14.4. The number of fused-ring (bicyclic) bond motifs is 1. The van der Waals surface area contributed by atoms with Gasteiger partial charge < -0.3 is 4.74 Å². The summed E-state index contributed by atoms with van der Waals surface area (Å²) >= 11 is 0. The molecule has 0 bridgehead atoms. The molecule has 1 aliphatic heterocycles. The minimum atomic E-state index is -0.525.